The molecule has 0 atom stereocenters. The van der Waals surface area contributed by atoms with E-state index in [4.69, 9.17) is 0 Å². The smallest absolute Gasteiger partial charge is 0.191 e. The molecule has 2 fully saturated rings. The number of aliphatic imine (C=N–C) groups is 1. The summed E-state index contributed by atoms with van der Waals surface area (Å²) < 4.78 is 0. The summed E-state index contributed by atoms with van der Waals surface area (Å²) >= 11 is 0. The lowest BCUT2D eigenvalue weighted by atomic mass is 9.83. The molecule has 0 aromatic heterocycles. The average molecular weight is 451 g/mol. The van der Waals surface area contributed by atoms with Crippen molar-refractivity contribution in [1.29, 1.82) is 0 Å². The van der Waals surface area contributed by atoms with E-state index in [1.54, 1.807) is 0 Å². The van der Waals surface area contributed by atoms with E-state index in [1.807, 2.05) is 7.05 Å². The first-order valence-electron chi connectivity index (χ1n) is 9.60. The van der Waals surface area contributed by atoms with Crippen LogP contribution in [0.1, 0.15) is 46.0 Å². The monoisotopic (exact) mass is 451 g/mol. The molecule has 0 amide bonds. The van der Waals surface area contributed by atoms with Gasteiger partial charge in [-0.3, -0.25) is 9.89 Å². The minimum Gasteiger partial charge on any atom is -0.356 e. The van der Waals surface area contributed by atoms with E-state index in [2.05, 4.69) is 39.3 Å². The molecular formula is C18H38IN5. The van der Waals surface area contributed by atoms with Crippen molar-refractivity contribution < 1.29 is 0 Å². The number of hydrogen-bond donors (Lipinski definition) is 2. The summed E-state index contributed by atoms with van der Waals surface area (Å²) in [4.78, 5) is 9.47. The minimum absolute atomic E-state index is 0. The highest BCUT2D eigenvalue weighted by Crippen LogP contribution is 2.40. The van der Waals surface area contributed by atoms with Crippen LogP contribution in [-0.2, 0) is 0 Å². The SMILES string of the molecule is CCN1CCN(CCNC(=NC)NCC2(CC)CCCC2)CC1.I. The van der Waals surface area contributed by atoms with Crippen LogP contribution in [0.3, 0.4) is 0 Å². The summed E-state index contributed by atoms with van der Waals surface area (Å²) in [6.07, 6.45) is 6.81. The van der Waals surface area contributed by atoms with Crippen LogP contribution in [0.4, 0.5) is 0 Å². The largest absolute Gasteiger partial charge is 0.356 e. The molecule has 6 heteroatoms. The molecule has 1 heterocycles. The topological polar surface area (TPSA) is 42.9 Å². The zero-order chi connectivity index (χ0) is 16.5. The fourth-order valence-electron chi connectivity index (χ4n) is 3.93. The summed E-state index contributed by atoms with van der Waals surface area (Å²) in [5.74, 6) is 0.969. The van der Waals surface area contributed by atoms with Crippen molar-refractivity contribution >= 4 is 29.9 Å². The van der Waals surface area contributed by atoms with Crippen LogP contribution in [0, 0.1) is 5.41 Å². The Bertz CT molecular complexity index is 360. The third-order valence-corrected chi connectivity index (χ3v) is 5.90. The van der Waals surface area contributed by atoms with Crippen molar-refractivity contribution in [3.05, 3.63) is 0 Å². The van der Waals surface area contributed by atoms with Crippen molar-refractivity contribution in [1.82, 2.24) is 20.4 Å². The molecule has 2 N–H and O–H groups in total. The third kappa shape index (κ3) is 6.67. The van der Waals surface area contributed by atoms with Crippen LogP contribution in [0.25, 0.3) is 0 Å². The Morgan fingerprint density at radius 3 is 2.17 bits per heavy atom. The molecule has 0 spiro atoms. The molecule has 142 valence electrons. The second kappa shape index (κ2) is 11.5. The lowest BCUT2D eigenvalue weighted by Gasteiger charge is -2.34. The lowest BCUT2D eigenvalue weighted by Crippen LogP contribution is -2.49. The standard InChI is InChI=1S/C18H37N5.HI/c1-4-18(8-6-7-9-18)16-21-17(19-3)20-10-11-23-14-12-22(5-2)13-15-23;/h4-16H2,1-3H3,(H2,19,20,21);1H. The Morgan fingerprint density at radius 2 is 1.62 bits per heavy atom. The van der Waals surface area contributed by atoms with Crippen molar-refractivity contribution in [2.75, 3.05) is 59.4 Å². The fourth-order valence-corrected chi connectivity index (χ4v) is 3.93. The van der Waals surface area contributed by atoms with E-state index in [-0.39, 0.29) is 24.0 Å². The highest BCUT2D eigenvalue weighted by atomic mass is 127. The summed E-state index contributed by atoms with van der Waals surface area (Å²) in [6, 6.07) is 0. The Balaban J connectivity index is 0.00000288. The molecule has 1 saturated heterocycles. The van der Waals surface area contributed by atoms with E-state index >= 15 is 0 Å². The Labute approximate surface area is 166 Å². The van der Waals surface area contributed by atoms with Gasteiger partial charge in [-0.1, -0.05) is 26.7 Å². The predicted molar refractivity (Wildman–Crippen MR) is 115 cm³/mol. The zero-order valence-electron chi connectivity index (χ0n) is 15.9. The maximum absolute atomic E-state index is 4.39. The number of nitrogens with zero attached hydrogens (tertiary/aromatic N) is 3. The van der Waals surface area contributed by atoms with Gasteiger partial charge in [0.2, 0.25) is 0 Å². The first kappa shape index (κ1) is 22.0. The number of halogens is 1. The van der Waals surface area contributed by atoms with E-state index < -0.39 is 0 Å². The van der Waals surface area contributed by atoms with Gasteiger partial charge in [0.05, 0.1) is 0 Å². The number of hydrogen-bond acceptors (Lipinski definition) is 3. The zero-order valence-corrected chi connectivity index (χ0v) is 18.3. The van der Waals surface area contributed by atoms with Gasteiger partial charge >= 0.3 is 0 Å². The maximum atomic E-state index is 4.39. The van der Waals surface area contributed by atoms with E-state index in [9.17, 15) is 0 Å². The summed E-state index contributed by atoms with van der Waals surface area (Å²) in [5.41, 5.74) is 0.508. The molecule has 0 aromatic rings. The van der Waals surface area contributed by atoms with Crippen molar-refractivity contribution in [3.8, 4) is 0 Å². The number of rotatable bonds is 7. The van der Waals surface area contributed by atoms with E-state index in [0.717, 1.165) is 25.6 Å². The third-order valence-electron chi connectivity index (χ3n) is 5.90. The van der Waals surface area contributed by atoms with Gasteiger partial charge in [-0.05, 0) is 31.2 Å². The van der Waals surface area contributed by atoms with Crippen LogP contribution in [0.15, 0.2) is 4.99 Å². The molecule has 5 nitrogen and oxygen atoms in total. The maximum Gasteiger partial charge on any atom is 0.191 e. The Morgan fingerprint density at radius 1 is 1.00 bits per heavy atom. The van der Waals surface area contributed by atoms with Gasteiger partial charge in [0, 0.05) is 52.9 Å². The predicted octanol–water partition coefficient (Wildman–Crippen LogP) is 2.38. The van der Waals surface area contributed by atoms with Gasteiger partial charge < -0.3 is 15.5 Å². The minimum atomic E-state index is 0. The Hall–Kier alpha value is -0.0800. The molecular weight excluding hydrogens is 413 g/mol. The molecule has 1 saturated carbocycles. The Kier molecular flexibility index (Phi) is 10.5. The molecule has 2 aliphatic rings. The van der Waals surface area contributed by atoms with Crippen LogP contribution in [0.5, 0.6) is 0 Å². The first-order chi connectivity index (χ1) is 11.2. The molecule has 2 rings (SSSR count). The van der Waals surface area contributed by atoms with Crippen molar-refractivity contribution in [2.24, 2.45) is 10.4 Å². The van der Waals surface area contributed by atoms with Gasteiger partial charge in [-0.2, -0.15) is 0 Å². The van der Waals surface area contributed by atoms with Crippen molar-refractivity contribution in [3.63, 3.8) is 0 Å². The van der Waals surface area contributed by atoms with Gasteiger partial charge in [0.1, 0.15) is 0 Å². The molecule has 0 bridgehead atoms. The second-order valence-electron chi connectivity index (χ2n) is 7.19. The highest BCUT2D eigenvalue weighted by molar-refractivity contribution is 14.0. The molecule has 0 radical (unpaired) electrons. The van der Waals surface area contributed by atoms with Gasteiger partial charge in [-0.25, -0.2) is 0 Å². The average Bonchev–Trinajstić information content (AvgIpc) is 3.08. The molecule has 0 unspecified atom stereocenters. The van der Waals surface area contributed by atoms with Gasteiger partial charge in [0.25, 0.3) is 0 Å². The summed E-state index contributed by atoms with van der Waals surface area (Å²) in [5, 5.41) is 7.06. The van der Waals surface area contributed by atoms with E-state index in [1.165, 1.54) is 64.8 Å². The van der Waals surface area contributed by atoms with Crippen LogP contribution < -0.4 is 10.6 Å². The quantitative estimate of drug-likeness (QED) is 0.355. The number of guanidine groups is 1. The lowest BCUT2D eigenvalue weighted by molar-refractivity contribution is 0.139. The van der Waals surface area contributed by atoms with Crippen LogP contribution in [0.2, 0.25) is 0 Å². The molecule has 0 aromatic carbocycles. The molecule has 1 aliphatic carbocycles. The number of piperazine rings is 1. The summed E-state index contributed by atoms with van der Waals surface area (Å²) in [6.45, 7) is 13.7. The molecule has 24 heavy (non-hydrogen) atoms. The highest BCUT2D eigenvalue weighted by Gasteiger charge is 2.31. The number of nitrogens with one attached hydrogen (secondary N) is 2. The fraction of sp³-hybridized carbons (Fsp3) is 0.944. The number of likely N-dealkylation sites (N-methyl/N-ethyl adjacent to an activating group) is 1. The first-order valence-corrected chi connectivity index (χ1v) is 9.60. The molecule has 1 aliphatic heterocycles. The van der Waals surface area contributed by atoms with Gasteiger partial charge in [0.15, 0.2) is 5.96 Å². The van der Waals surface area contributed by atoms with Crippen molar-refractivity contribution in [2.45, 2.75) is 46.0 Å². The van der Waals surface area contributed by atoms with E-state index in [0.29, 0.717) is 5.41 Å². The second-order valence-corrected chi connectivity index (χ2v) is 7.19. The normalized spacial score (nSPS) is 22.2. The van der Waals surface area contributed by atoms with Crippen LogP contribution in [-0.4, -0.2) is 75.2 Å². The van der Waals surface area contributed by atoms with Gasteiger partial charge in [-0.15, -0.1) is 24.0 Å². The summed E-state index contributed by atoms with van der Waals surface area (Å²) in [7, 11) is 1.88. The van der Waals surface area contributed by atoms with Crippen LogP contribution >= 0.6 is 24.0 Å².